The molecule has 0 bridgehead atoms. The van der Waals surface area contributed by atoms with Crippen molar-refractivity contribution in [1.29, 1.82) is 0 Å². The third kappa shape index (κ3) is 3.34. The minimum absolute atomic E-state index is 0.263. The van der Waals surface area contributed by atoms with Gasteiger partial charge in [-0.05, 0) is 6.92 Å². The highest BCUT2D eigenvalue weighted by molar-refractivity contribution is 5.73. The number of carbonyl (C=O) groups is 1. The molecule has 0 spiro atoms. The van der Waals surface area contributed by atoms with Gasteiger partial charge in [0.05, 0.1) is 19.1 Å². The first kappa shape index (κ1) is 12.7. The van der Waals surface area contributed by atoms with Crippen LogP contribution in [-0.2, 0) is 16.1 Å². The van der Waals surface area contributed by atoms with E-state index in [1.807, 2.05) is 6.20 Å². The van der Waals surface area contributed by atoms with Crippen molar-refractivity contribution in [2.75, 3.05) is 7.11 Å². The fraction of sp³-hybridized carbons (Fsp3) is 0.636. The van der Waals surface area contributed by atoms with Gasteiger partial charge in [-0.3, -0.25) is 0 Å². The molecule has 0 aromatic carbocycles. The van der Waals surface area contributed by atoms with E-state index in [0.29, 0.717) is 12.6 Å². The van der Waals surface area contributed by atoms with E-state index >= 15 is 0 Å². The quantitative estimate of drug-likeness (QED) is 0.763. The van der Waals surface area contributed by atoms with Crippen molar-refractivity contribution in [2.24, 2.45) is 0 Å². The van der Waals surface area contributed by atoms with Gasteiger partial charge in [0.2, 0.25) is 0 Å². The number of methoxy groups -OCH3 is 1. The number of aromatic nitrogens is 2. The lowest BCUT2D eigenvalue weighted by atomic mass is 10.3. The van der Waals surface area contributed by atoms with Gasteiger partial charge in [0, 0.05) is 18.8 Å². The number of esters is 1. The molecule has 1 aromatic heterocycles. The first-order valence-electron chi connectivity index (χ1n) is 5.38. The van der Waals surface area contributed by atoms with E-state index in [0.717, 1.165) is 5.69 Å². The molecule has 5 heteroatoms. The van der Waals surface area contributed by atoms with Gasteiger partial charge in [-0.1, -0.05) is 13.8 Å². The van der Waals surface area contributed by atoms with Gasteiger partial charge in [-0.15, -0.1) is 0 Å². The zero-order valence-electron chi connectivity index (χ0n) is 10.2. The molecule has 5 nitrogen and oxygen atoms in total. The van der Waals surface area contributed by atoms with Crippen molar-refractivity contribution >= 4 is 5.97 Å². The molecule has 1 atom stereocenters. The summed E-state index contributed by atoms with van der Waals surface area (Å²) in [6.07, 6.45) is 3.51. The van der Waals surface area contributed by atoms with Crippen LogP contribution in [0.25, 0.3) is 0 Å². The Morgan fingerprint density at radius 3 is 2.81 bits per heavy atom. The Bertz CT molecular complexity index is 347. The van der Waals surface area contributed by atoms with Gasteiger partial charge in [-0.2, -0.15) is 0 Å². The molecule has 0 saturated heterocycles. The van der Waals surface area contributed by atoms with Gasteiger partial charge in [-0.25, -0.2) is 9.78 Å². The summed E-state index contributed by atoms with van der Waals surface area (Å²) in [7, 11) is 1.39. The summed E-state index contributed by atoms with van der Waals surface area (Å²) in [5, 5.41) is 3.27. The highest BCUT2D eigenvalue weighted by Crippen LogP contribution is 2.08. The summed E-state index contributed by atoms with van der Waals surface area (Å²) < 4.78 is 6.42. The van der Waals surface area contributed by atoms with Gasteiger partial charge < -0.3 is 14.6 Å². The summed E-state index contributed by atoms with van der Waals surface area (Å²) >= 11 is 0. The monoisotopic (exact) mass is 225 g/mol. The number of hydrogen-bond acceptors (Lipinski definition) is 4. The Kier molecular flexibility index (Phi) is 4.49. The van der Waals surface area contributed by atoms with Crippen molar-refractivity contribution in [1.82, 2.24) is 14.9 Å². The molecule has 1 aromatic rings. The Balaban J connectivity index is 2.60. The molecule has 1 heterocycles. The highest BCUT2D eigenvalue weighted by atomic mass is 16.5. The molecule has 90 valence electrons. The third-order valence-electron chi connectivity index (χ3n) is 2.34. The molecule has 1 N–H and O–H groups in total. The zero-order valence-corrected chi connectivity index (χ0v) is 10.2. The predicted molar refractivity (Wildman–Crippen MR) is 60.9 cm³/mol. The number of hydrogen-bond donors (Lipinski definition) is 1. The van der Waals surface area contributed by atoms with E-state index < -0.39 is 0 Å². The van der Waals surface area contributed by atoms with E-state index in [2.05, 4.69) is 28.9 Å². The number of carbonyl (C=O) groups excluding carboxylic acids is 1. The smallest absolute Gasteiger partial charge is 0.328 e. The Morgan fingerprint density at radius 2 is 2.25 bits per heavy atom. The molecule has 0 aliphatic rings. The molecule has 0 amide bonds. The van der Waals surface area contributed by atoms with Crippen LogP contribution in [0.1, 0.15) is 32.5 Å². The van der Waals surface area contributed by atoms with Crippen LogP contribution in [0.4, 0.5) is 0 Å². The average Bonchev–Trinajstić information content (AvgIpc) is 2.72. The largest absolute Gasteiger partial charge is 0.467 e. The summed E-state index contributed by atoms with van der Waals surface area (Å²) in [6, 6.07) is 0.0912. The summed E-state index contributed by atoms with van der Waals surface area (Å²) in [4.78, 5) is 15.5. The second kappa shape index (κ2) is 5.65. The lowest BCUT2D eigenvalue weighted by Gasteiger charge is -2.09. The maximum Gasteiger partial charge on any atom is 0.328 e. The predicted octanol–water partition coefficient (Wildman–Crippen LogP) is 1.12. The fourth-order valence-corrected chi connectivity index (χ4v) is 1.28. The third-order valence-corrected chi connectivity index (χ3v) is 2.34. The van der Waals surface area contributed by atoms with Gasteiger partial charge in [0.25, 0.3) is 0 Å². The molecule has 0 fully saturated rings. The first-order valence-corrected chi connectivity index (χ1v) is 5.38. The molecule has 0 radical (unpaired) electrons. The Hall–Kier alpha value is -1.36. The fourth-order valence-electron chi connectivity index (χ4n) is 1.28. The number of rotatable bonds is 5. The van der Waals surface area contributed by atoms with Gasteiger partial charge in [0.1, 0.15) is 6.04 Å². The van der Waals surface area contributed by atoms with E-state index in [1.165, 1.54) is 7.11 Å². The van der Waals surface area contributed by atoms with E-state index in [9.17, 15) is 4.79 Å². The van der Waals surface area contributed by atoms with Crippen LogP contribution in [0.5, 0.6) is 0 Å². The van der Waals surface area contributed by atoms with Crippen LogP contribution in [0.15, 0.2) is 12.5 Å². The van der Waals surface area contributed by atoms with Gasteiger partial charge in [0.15, 0.2) is 0 Å². The van der Waals surface area contributed by atoms with E-state index in [1.54, 1.807) is 17.8 Å². The molecule has 0 aliphatic heterocycles. The second-order valence-electron chi connectivity index (χ2n) is 4.05. The Labute approximate surface area is 95.8 Å². The number of nitrogens with one attached hydrogen (secondary N) is 1. The molecule has 0 saturated carbocycles. The van der Waals surface area contributed by atoms with Crippen molar-refractivity contribution in [3.63, 3.8) is 0 Å². The average molecular weight is 225 g/mol. The molecular formula is C11H19N3O2. The van der Waals surface area contributed by atoms with Gasteiger partial charge >= 0.3 is 5.97 Å². The molecule has 1 rings (SSSR count). The topological polar surface area (TPSA) is 56.2 Å². The van der Waals surface area contributed by atoms with Crippen LogP contribution in [0.2, 0.25) is 0 Å². The zero-order chi connectivity index (χ0) is 12.1. The second-order valence-corrected chi connectivity index (χ2v) is 4.05. The van der Waals surface area contributed by atoms with Crippen LogP contribution in [-0.4, -0.2) is 28.7 Å². The lowest BCUT2D eigenvalue weighted by Crippen LogP contribution is -2.22. The summed E-state index contributed by atoms with van der Waals surface area (Å²) in [5.41, 5.74) is 0.921. The van der Waals surface area contributed by atoms with Crippen molar-refractivity contribution < 1.29 is 9.53 Å². The first-order chi connectivity index (χ1) is 7.54. The minimum atomic E-state index is -0.328. The van der Waals surface area contributed by atoms with Crippen LogP contribution in [0, 0.1) is 0 Å². The van der Waals surface area contributed by atoms with Crippen LogP contribution >= 0.6 is 0 Å². The maximum atomic E-state index is 11.3. The molecule has 16 heavy (non-hydrogen) atoms. The van der Waals surface area contributed by atoms with Crippen molar-refractivity contribution in [3.05, 3.63) is 18.2 Å². The molecule has 0 aliphatic carbocycles. The van der Waals surface area contributed by atoms with E-state index in [-0.39, 0.29) is 12.0 Å². The molecule has 1 unspecified atom stereocenters. The van der Waals surface area contributed by atoms with Crippen molar-refractivity contribution in [3.8, 4) is 0 Å². The Morgan fingerprint density at radius 1 is 1.56 bits per heavy atom. The summed E-state index contributed by atoms with van der Waals surface area (Å²) in [6.45, 7) is 6.65. The normalized spacial score (nSPS) is 12.8. The lowest BCUT2D eigenvalue weighted by molar-refractivity contribution is -0.144. The molecular weight excluding hydrogens is 206 g/mol. The number of ether oxygens (including phenoxy) is 1. The SMILES string of the molecule is COC(=O)C(C)n1cnc(CNC(C)C)c1. The highest BCUT2D eigenvalue weighted by Gasteiger charge is 2.15. The van der Waals surface area contributed by atoms with Crippen molar-refractivity contribution in [2.45, 2.75) is 39.4 Å². The summed E-state index contributed by atoms with van der Waals surface area (Å²) in [5.74, 6) is -0.263. The number of nitrogens with zero attached hydrogens (tertiary/aromatic N) is 2. The minimum Gasteiger partial charge on any atom is -0.467 e. The van der Waals surface area contributed by atoms with E-state index in [4.69, 9.17) is 0 Å². The van der Waals surface area contributed by atoms with Crippen LogP contribution < -0.4 is 5.32 Å². The van der Waals surface area contributed by atoms with Crippen LogP contribution in [0.3, 0.4) is 0 Å². The number of imidazole rings is 1. The standard InChI is InChI=1S/C11H19N3O2/c1-8(2)12-5-10-6-14(7-13-10)9(3)11(15)16-4/h6-9,12H,5H2,1-4H3. The maximum absolute atomic E-state index is 11.3.